The van der Waals surface area contributed by atoms with Crippen molar-refractivity contribution in [1.29, 1.82) is 0 Å². The number of hydrogen-bond acceptors (Lipinski definition) is 3. The monoisotopic (exact) mass is 352 g/mol. The number of benzene rings is 1. The number of aryl methyl sites for hydroxylation is 1. The lowest BCUT2D eigenvalue weighted by Crippen LogP contribution is -2.42. The number of nitrogens with one attached hydrogen (secondary N) is 1. The Morgan fingerprint density at radius 2 is 2.08 bits per heavy atom. The van der Waals surface area contributed by atoms with Crippen molar-refractivity contribution in [2.24, 2.45) is 0 Å². The number of fused-ring (bicyclic) bond motifs is 2. The van der Waals surface area contributed by atoms with Gasteiger partial charge < -0.3 is 15.0 Å². The van der Waals surface area contributed by atoms with Crippen LogP contribution in [0.2, 0.25) is 0 Å². The molecule has 2 aliphatic rings. The van der Waals surface area contributed by atoms with Crippen LogP contribution in [0, 0.1) is 6.92 Å². The molecule has 0 radical (unpaired) electrons. The molecule has 0 aliphatic carbocycles. The van der Waals surface area contributed by atoms with Crippen molar-refractivity contribution in [1.82, 2.24) is 10.2 Å². The van der Waals surface area contributed by atoms with Crippen molar-refractivity contribution in [3.05, 3.63) is 29.8 Å². The number of carbonyl (C=O) groups excluding carboxylic acids is 1. The van der Waals surface area contributed by atoms with Crippen LogP contribution in [0.25, 0.3) is 0 Å². The van der Waals surface area contributed by atoms with Gasteiger partial charge in [0.25, 0.3) is 0 Å². The van der Waals surface area contributed by atoms with Gasteiger partial charge in [-0.2, -0.15) is 0 Å². The third-order valence-electron chi connectivity index (χ3n) is 4.99. The number of hydrogen-bond donors (Lipinski definition) is 1. The predicted molar refractivity (Wildman–Crippen MR) is 98.9 cm³/mol. The van der Waals surface area contributed by atoms with Crippen LogP contribution in [0.3, 0.4) is 0 Å². The van der Waals surface area contributed by atoms with Crippen molar-refractivity contribution < 1.29 is 9.53 Å². The van der Waals surface area contributed by atoms with Gasteiger partial charge in [0.1, 0.15) is 5.75 Å². The van der Waals surface area contributed by atoms with E-state index in [-0.39, 0.29) is 12.4 Å². The molecule has 1 amide bonds. The zero-order chi connectivity index (χ0) is 16.1. The van der Waals surface area contributed by atoms with Gasteiger partial charge in [0.05, 0.1) is 6.61 Å². The van der Waals surface area contributed by atoms with Crippen molar-refractivity contribution in [2.45, 2.75) is 57.5 Å². The minimum absolute atomic E-state index is 0. The first-order chi connectivity index (χ1) is 11.2. The molecule has 0 saturated carbocycles. The van der Waals surface area contributed by atoms with Crippen LogP contribution in [-0.4, -0.2) is 42.6 Å². The second-order valence-corrected chi connectivity index (χ2v) is 6.80. The summed E-state index contributed by atoms with van der Waals surface area (Å²) in [7, 11) is 0. The maximum Gasteiger partial charge on any atom is 0.223 e. The average molecular weight is 353 g/mol. The molecule has 2 saturated heterocycles. The Bertz CT molecular complexity index is 524. The summed E-state index contributed by atoms with van der Waals surface area (Å²) in [6.07, 6.45) is 5.96. The van der Waals surface area contributed by atoms with E-state index in [1.54, 1.807) is 0 Å². The molecule has 2 bridgehead atoms. The van der Waals surface area contributed by atoms with Gasteiger partial charge >= 0.3 is 0 Å². The lowest BCUT2D eigenvalue weighted by atomic mass is 10.1. The van der Waals surface area contributed by atoms with Crippen molar-refractivity contribution in [3.63, 3.8) is 0 Å². The lowest BCUT2D eigenvalue weighted by Gasteiger charge is -2.28. The number of rotatable bonds is 6. The van der Waals surface area contributed by atoms with E-state index >= 15 is 0 Å². The molecular weight excluding hydrogens is 324 g/mol. The Balaban J connectivity index is 0.00000208. The van der Waals surface area contributed by atoms with E-state index in [1.165, 1.54) is 18.4 Å². The maximum absolute atomic E-state index is 12.5. The molecule has 2 atom stereocenters. The Morgan fingerprint density at radius 3 is 2.92 bits per heavy atom. The zero-order valence-electron chi connectivity index (χ0n) is 14.5. The van der Waals surface area contributed by atoms with Crippen molar-refractivity contribution >= 4 is 18.3 Å². The maximum atomic E-state index is 12.5. The molecule has 3 rings (SSSR count). The van der Waals surface area contributed by atoms with Crippen LogP contribution in [0.1, 0.15) is 44.1 Å². The largest absolute Gasteiger partial charge is 0.494 e. The Labute approximate surface area is 151 Å². The van der Waals surface area contributed by atoms with E-state index in [0.29, 0.717) is 31.0 Å². The number of amides is 1. The van der Waals surface area contributed by atoms with Crippen molar-refractivity contribution in [3.8, 4) is 5.75 Å². The quantitative estimate of drug-likeness (QED) is 0.798. The summed E-state index contributed by atoms with van der Waals surface area (Å²) in [5, 5.41) is 3.45. The number of ether oxygens (including phenoxy) is 1. The third-order valence-corrected chi connectivity index (χ3v) is 4.99. The summed E-state index contributed by atoms with van der Waals surface area (Å²) in [4.78, 5) is 14.7. The van der Waals surface area contributed by atoms with Crippen LogP contribution in [0.15, 0.2) is 24.3 Å². The summed E-state index contributed by atoms with van der Waals surface area (Å²) in [6, 6.07) is 9.02. The molecule has 134 valence electrons. The van der Waals surface area contributed by atoms with Gasteiger partial charge in [0, 0.05) is 25.0 Å². The first-order valence-electron chi connectivity index (χ1n) is 8.95. The Kier molecular flexibility index (Phi) is 7.38. The highest BCUT2D eigenvalue weighted by molar-refractivity contribution is 5.85. The number of halogens is 1. The molecule has 4 nitrogen and oxygen atoms in total. The molecule has 1 N–H and O–H groups in total. The second kappa shape index (κ2) is 9.28. The van der Waals surface area contributed by atoms with Crippen LogP contribution in [0.5, 0.6) is 5.75 Å². The van der Waals surface area contributed by atoms with Crippen molar-refractivity contribution in [2.75, 3.05) is 19.7 Å². The second-order valence-electron chi connectivity index (χ2n) is 6.80. The van der Waals surface area contributed by atoms with Crippen LogP contribution < -0.4 is 10.1 Å². The van der Waals surface area contributed by atoms with Crippen LogP contribution in [0.4, 0.5) is 0 Å². The van der Waals surface area contributed by atoms with Gasteiger partial charge in [-0.25, -0.2) is 0 Å². The molecule has 24 heavy (non-hydrogen) atoms. The summed E-state index contributed by atoms with van der Waals surface area (Å²) in [6.45, 7) is 4.77. The fourth-order valence-electron chi connectivity index (χ4n) is 3.79. The van der Waals surface area contributed by atoms with E-state index in [9.17, 15) is 4.79 Å². The summed E-state index contributed by atoms with van der Waals surface area (Å²) in [5.74, 6) is 1.27. The predicted octanol–water partition coefficient (Wildman–Crippen LogP) is 3.32. The van der Waals surface area contributed by atoms with Crippen LogP contribution in [-0.2, 0) is 4.79 Å². The summed E-state index contributed by atoms with van der Waals surface area (Å²) in [5.41, 5.74) is 1.21. The van der Waals surface area contributed by atoms with E-state index < -0.39 is 0 Å². The minimum Gasteiger partial charge on any atom is -0.494 e. The standard InChI is InChI=1S/C19H28N2O2.ClH/c1-15-5-4-6-18(13-15)23-12-3-2-7-19(22)21-16-8-9-17(21)14-20-11-10-16;/h4-6,13,16-17,20H,2-3,7-12,14H2,1H3;1H. The SMILES string of the molecule is Cc1cccc(OCCCCC(=O)N2C3CCNCC2CC3)c1.Cl. The van der Waals surface area contributed by atoms with E-state index in [1.807, 2.05) is 18.2 Å². The van der Waals surface area contributed by atoms with E-state index in [2.05, 4.69) is 23.2 Å². The molecule has 1 aromatic carbocycles. The average Bonchev–Trinajstić information content (AvgIpc) is 2.80. The minimum atomic E-state index is 0. The van der Waals surface area contributed by atoms with Gasteiger partial charge in [-0.05, 0) is 63.3 Å². The zero-order valence-corrected chi connectivity index (χ0v) is 15.3. The van der Waals surface area contributed by atoms with E-state index in [0.717, 1.165) is 38.1 Å². The van der Waals surface area contributed by atoms with Gasteiger partial charge in [0.15, 0.2) is 0 Å². The molecule has 0 aromatic heterocycles. The van der Waals surface area contributed by atoms with Gasteiger partial charge in [-0.3, -0.25) is 4.79 Å². The molecule has 1 aromatic rings. The van der Waals surface area contributed by atoms with Gasteiger partial charge in [-0.1, -0.05) is 12.1 Å². The smallest absolute Gasteiger partial charge is 0.223 e. The number of carbonyl (C=O) groups is 1. The fraction of sp³-hybridized carbons (Fsp3) is 0.632. The fourth-order valence-corrected chi connectivity index (χ4v) is 3.79. The molecule has 2 fully saturated rings. The highest BCUT2D eigenvalue weighted by Gasteiger charge is 2.37. The molecular formula is C19H29ClN2O2. The topological polar surface area (TPSA) is 41.6 Å². The lowest BCUT2D eigenvalue weighted by molar-refractivity contribution is -0.133. The molecule has 2 unspecified atom stereocenters. The van der Waals surface area contributed by atoms with Crippen LogP contribution >= 0.6 is 12.4 Å². The molecule has 0 spiro atoms. The normalized spacial score (nSPS) is 22.6. The Morgan fingerprint density at radius 1 is 1.25 bits per heavy atom. The van der Waals surface area contributed by atoms with E-state index in [4.69, 9.17) is 4.74 Å². The molecule has 5 heteroatoms. The highest BCUT2D eigenvalue weighted by atomic mass is 35.5. The number of unbranched alkanes of at least 4 members (excludes halogenated alkanes) is 1. The van der Waals surface area contributed by atoms with Gasteiger partial charge in [0.2, 0.25) is 5.91 Å². The molecule has 2 heterocycles. The summed E-state index contributed by atoms with van der Waals surface area (Å²) >= 11 is 0. The number of nitrogens with zero attached hydrogens (tertiary/aromatic N) is 1. The first-order valence-corrected chi connectivity index (χ1v) is 8.95. The summed E-state index contributed by atoms with van der Waals surface area (Å²) < 4.78 is 5.75. The van der Waals surface area contributed by atoms with Gasteiger partial charge in [-0.15, -0.1) is 12.4 Å². The molecule has 2 aliphatic heterocycles. The Hall–Kier alpha value is -1.26. The first kappa shape index (κ1) is 19.1. The highest BCUT2D eigenvalue weighted by Crippen LogP contribution is 2.28. The third kappa shape index (κ3) is 4.87.